The van der Waals surface area contributed by atoms with Crippen LogP contribution in [0.15, 0.2) is 36.5 Å². The molecule has 6 nitrogen and oxygen atoms in total. The zero-order valence-electron chi connectivity index (χ0n) is 20.1. The van der Waals surface area contributed by atoms with E-state index >= 15 is 0 Å². The number of pyridine rings is 1. The van der Waals surface area contributed by atoms with Gasteiger partial charge in [0.2, 0.25) is 5.88 Å². The van der Waals surface area contributed by atoms with E-state index in [1.54, 1.807) is 6.20 Å². The van der Waals surface area contributed by atoms with E-state index < -0.39 is 0 Å². The Bertz CT molecular complexity index is 1030. The molecule has 2 aromatic rings. The summed E-state index contributed by atoms with van der Waals surface area (Å²) in [7, 11) is 0. The van der Waals surface area contributed by atoms with E-state index in [1.807, 2.05) is 26.0 Å². The third-order valence-corrected chi connectivity index (χ3v) is 7.42. The molecule has 3 aliphatic heterocycles. The second-order valence-corrected chi connectivity index (χ2v) is 10.8. The van der Waals surface area contributed by atoms with Gasteiger partial charge >= 0.3 is 6.09 Å². The van der Waals surface area contributed by atoms with E-state index in [9.17, 15) is 4.79 Å². The topological polar surface area (TPSA) is 63.7 Å². The predicted octanol–water partition coefficient (Wildman–Crippen LogP) is 4.98. The number of amides is 1. The lowest BCUT2D eigenvalue weighted by Crippen LogP contribution is -2.53. The smallest absolute Gasteiger partial charge is 0.407 e. The molecular weight excluding hydrogens is 414 g/mol. The Hall–Kier alpha value is -2.60. The Morgan fingerprint density at radius 3 is 2.61 bits per heavy atom. The molecule has 1 unspecified atom stereocenters. The van der Waals surface area contributed by atoms with Crippen molar-refractivity contribution in [3.8, 4) is 17.0 Å². The molecule has 1 N–H and O–H groups in total. The van der Waals surface area contributed by atoms with Crippen LogP contribution in [0.3, 0.4) is 0 Å². The van der Waals surface area contributed by atoms with Crippen LogP contribution in [0.2, 0.25) is 0 Å². The first-order chi connectivity index (χ1) is 15.8. The van der Waals surface area contributed by atoms with Crippen LogP contribution in [0.5, 0.6) is 5.88 Å². The van der Waals surface area contributed by atoms with Gasteiger partial charge in [0.25, 0.3) is 0 Å². The Kier molecular flexibility index (Phi) is 5.81. The summed E-state index contributed by atoms with van der Waals surface area (Å²) in [6.07, 6.45) is 4.79. The number of ether oxygens (including phenoxy) is 2. The van der Waals surface area contributed by atoms with Crippen molar-refractivity contribution in [1.82, 2.24) is 15.2 Å². The van der Waals surface area contributed by atoms with E-state index in [0.29, 0.717) is 11.8 Å². The van der Waals surface area contributed by atoms with Gasteiger partial charge in [-0.3, -0.25) is 4.90 Å². The molecule has 6 rings (SSSR count). The fraction of sp³-hybridized carbons (Fsp3) is 0.556. The lowest BCUT2D eigenvalue weighted by molar-refractivity contribution is -0.0348. The summed E-state index contributed by atoms with van der Waals surface area (Å²) in [4.78, 5) is 19.6. The molecule has 0 spiro atoms. The first-order valence-corrected chi connectivity index (χ1v) is 12.2. The van der Waals surface area contributed by atoms with Gasteiger partial charge in [0.1, 0.15) is 6.10 Å². The van der Waals surface area contributed by atoms with Crippen LogP contribution in [0.1, 0.15) is 57.7 Å². The number of piperidine rings is 3. The number of hydrogen-bond acceptors (Lipinski definition) is 5. The van der Waals surface area contributed by atoms with Crippen molar-refractivity contribution in [2.45, 2.75) is 65.2 Å². The molecule has 176 valence electrons. The third-order valence-electron chi connectivity index (χ3n) is 7.42. The number of benzene rings is 1. The molecule has 1 aromatic carbocycles. The Morgan fingerprint density at radius 1 is 1.15 bits per heavy atom. The quantitative estimate of drug-likeness (QED) is 0.698. The minimum atomic E-state index is -0.284. The summed E-state index contributed by atoms with van der Waals surface area (Å²) >= 11 is 0. The fourth-order valence-electron chi connectivity index (χ4n) is 5.74. The molecule has 33 heavy (non-hydrogen) atoms. The summed E-state index contributed by atoms with van der Waals surface area (Å²) in [5.41, 5.74) is 4.59. The summed E-state index contributed by atoms with van der Waals surface area (Å²) in [5.74, 6) is 1.15. The van der Waals surface area contributed by atoms with Crippen molar-refractivity contribution < 1.29 is 14.3 Å². The summed E-state index contributed by atoms with van der Waals surface area (Å²) in [6, 6.07) is 10.5. The number of aromatic nitrogens is 1. The summed E-state index contributed by atoms with van der Waals surface area (Å²) < 4.78 is 11.7. The number of rotatable bonds is 5. The molecule has 3 saturated heterocycles. The molecule has 3 fully saturated rings. The molecule has 2 bridgehead atoms. The van der Waals surface area contributed by atoms with Gasteiger partial charge in [0.15, 0.2) is 0 Å². The van der Waals surface area contributed by atoms with E-state index in [2.05, 4.69) is 47.2 Å². The molecule has 2 atom stereocenters. The molecule has 0 saturated carbocycles. The van der Waals surface area contributed by atoms with E-state index in [0.717, 1.165) is 50.0 Å². The highest BCUT2D eigenvalue weighted by molar-refractivity contribution is 5.70. The first-order valence-electron chi connectivity index (χ1n) is 12.2. The van der Waals surface area contributed by atoms with Crippen LogP contribution >= 0.6 is 0 Å². The zero-order chi connectivity index (χ0) is 23.2. The van der Waals surface area contributed by atoms with Crippen molar-refractivity contribution in [2.24, 2.45) is 11.3 Å². The lowest BCUT2D eigenvalue weighted by atomic mass is 9.85. The predicted molar refractivity (Wildman–Crippen MR) is 128 cm³/mol. The highest BCUT2D eigenvalue weighted by atomic mass is 16.6. The average molecular weight is 450 g/mol. The van der Waals surface area contributed by atoms with Gasteiger partial charge < -0.3 is 14.8 Å². The minimum Gasteiger partial charge on any atom is -0.475 e. The van der Waals surface area contributed by atoms with Crippen molar-refractivity contribution in [3.05, 3.63) is 47.7 Å². The second-order valence-electron chi connectivity index (χ2n) is 10.8. The molecule has 6 heteroatoms. The van der Waals surface area contributed by atoms with E-state index in [-0.39, 0.29) is 29.8 Å². The minimum absolute atomic E-state index is 0.0211. The number of hydrogen-bond donors (Lipinski definition) is 1. The Balaban J connectivity index is 1.32. The molecule has 4 aliphatic rings. The van der Waals surface area contributed by atoms with Gasteiger partial charge in [-0.05, 0) is 85.9 Å². The monoisotopic (exact) mass is 449 g/mol. The van der Waals surface area contributed by atoms with Crippen molar-refractivity contribution >= 4 is 6.09 Å². The molecule has 4 heterocycles. The SMILES string of the molecule is CC(C)Oc1cc(-c2ccc3c(c2)CC(C)(C)C3NC(=O)O[C@H]2CN3CCC2CC3)ccn1. The lowest BCUT2D eigenvalue weighted by Gasteiger charge is -2.44. The van der Waals surface area contributed by atoms with E-state index in [4.69, 9.17) is 9.47 Å². The maximum Gasteiger partial charge on any atom is 0.407 e. The number of fused-ring (bicyclic) bond motifs is 4. The Morgan fingerprint density at radius 2 is 1.91 bits per heavy atom. The largest absolute Gasteiger partial charge is 0.475 e. The number of alkyl carbamates (subject to hydrolysis) is 1. The maximum absolute atomic E-state index is 12.9. The first kappa shape index (κ1) is 22.2. The molecule has 0 radical (unpaired) electrons. The molecular formula is C27H35N3O3. The second kappa shape index (κ2) is 8.64. The standard InChI is InChI=1S/C27H35N3O3/c1-17(2)32-24-14-20(7-10-28-24)19-5-6-22-21(13-19)15-27(3,4)25(22)29-26(31)33-23-16-30-11-8-18(23)9-12-30/h5-7,10,13-14,17-18,23,25H,8-9,11-12,15-16H2,1-4H3,(H,29,31)/t23-,25?/m0/s1. The van der Waals surface area contributed by atoms with Crippen LogP contribution in [0.25, 0.3) is 11.1 Å². The van der Waals surface area contributed by atoms with Crippen LogP contribution in [-0.4, -0.2) is 47.8 Å². The highest BCUT2D eigenvalue weighted by Gasteiger charge is 2.42. The van der Waals surface area contributed by atoms with Gasteiger partial charge in [-0.2, -0.15) is 0 Å². The van der Waals surface area contributed by atoms with Crippen molar-refractivity contribution in [3.63, 3.8) is 0 Å². The van der Waals surface area contributed by atoms with Crippen LogP contribution in [-0.2, 0) is 11.2 Å². The average Bonchev–Trinajstić information content (AvgIpc) is 3.03. The van der Waals surface area contributed by atoms with Gasteiger partial charge in [-0.1, -0.05) is 32.0 Å². The van der Waals surface area contributed by atoms with Crippen LogP contribution < -0.4 is 10.1 Å². The zero-order valence-corrected chi connectivity index (χ0v) is 20.1. The van der Waals surface area contributed by atoms with Crippen molar-refractivity contribution in [2.75, 3.05) is 19.6 Å². The maximum atomic E-state index is 12.9. The van der Waals surface area contributed by atoms with Crippen molar-refractivity contribution in [1.29, 1.82) is 0 Å². The molecule has 1 amide bonds. The molecule has 1 aromatic heterocycles. The van der Waals surface area contributed by atoms with Gasteiger partial charge in [-0.25, -0.2) is 9.78 Å². The number of nitrogens with one attached hydrogen (secondary N) is 1. The highest BCUT2D eigenvalue weighted by Crippen LogP contribution is 2.46. The third kappa shape index (κ3) is 4.58. The number of nitrogens with zero attached hydrogens (tertiary/aromatic N) is 2. The van der Waals surface area contributed by atoms with Gasteiger partial charge in [-0.15, -0.1) is 0 Å². The fourth-order valence-corrected chi connectivity index (χ4v) is 5.74. The summed E-state index contributed by atoms with van der Waals surface area (Å²) in [5, 5.41) is 3.21. The normalized spacial score (nSPS) is 27.3. The van der Waals surface area contributed by atoms with E-state index in [1.165, 1.54) is 11.1 Å². The molecule has 1 aliphatic carbocycles. The number of carbonyl (C=O) groups is 1. The van der Waals surface area contributed by atoms with Crippen LogP contribution in [0, 0.1) is 11.3 Å². The number of carbonyl (C=O) groups excluding carboxylic acids is 1. The van der Waals surface area contributed by atoms with Crippen LogP contribution in [0.4, 0.5) is 4.79 Å². The van der Waals surface area contributed by atoms with Gasteiger partial charge in [0.05, 0.1) is 12.1 Å². The summed E-state index contributed by atoms with van der Waals surface area (Å²) in [6.45, 7) is 11.6. The van der Waals surface area contributed by atoms with Gasteiger partial charge in [0, 0.05) is 18.8 Å². The Labute approximate surface area is 196 Å².